The molecule has 4 amide bonds. The number of benzene rings is 2. The van der Waals surface area contributed by atoms with Crippen molar-refractivity contribution in [1.82, 2.24) is 15.1 Å². The molecule has 4 rings (SSSR count). The van der Waals surface area contributed by atoms with Crippen LogP contribution in [0.1, 0.15) is 5.56 Å². The number of piperazine rings is 1. The van der Waals surface area contributed by atoms with Crippen molar-refractivity contribution in [2.45, 2.75) is 6.54 Å². The molecule has 168 valence electrons. The summed E-state index contributed by atoms with van der Waals surface area (Å²) in [5.74, 6) is -1.65. The molecule has 2 aromatic rings. The van der Waals surface area contributed by atoms with Crippen LogP contribution in [0.4, 0.5) is 14.9 Å². The van der Waals surface area contributed by atoms with Crippen molar-refractivity contribution in [3.63, 3.8) is 0 Å². The van der Waals surface area contributed by atoms with E-state index in [0.29, 0.717) is 26.2 Å². The Morgan fingerprint density at radius 3 is 2.41 bits per heavy atom. The summed E-state index contributed by atoms with van der Waals surface area (Å²) in [5, 5.41) is 2.59. The highest BCUT2D eigenvalue weighted by atomic mass is 19.1. The zero-order valence-corrected chi connectivity index (χ0v) is 17.8. The van der Waals surface area contributed by atoms with Crippen molar-refractivity contribution in [3.05, 3.63) is 59.9 Å². The Kier molecular flexibility index (Phi) is 6.25. The summed E-state index contributed by atoms with van der Waals surface area (Å²) >= 11 is 0. The van der Waals surface area contributed by atoms with E-state index in [1.54, 1.807) is 18.1 Å². The molecule has 2 aliphatic heterocycles. The van der Waals surface area contributed by atoms with Crippen molar-refractivity contribution >= 4 is 23.5 Å². The number of nitrogens with one attached hydrogen (secondary N) is 1. The van der Waals surface area contributed by atoms with E-state index in [0.717, 1.165) is 16.3 Å². The number of carbonyl (C=O) groups excluding carboxylic acids is 3. The maximum Gasteiger partial charge on any atom is 0.324 e. The summed E-state index contributed by atoms with van der Waals surface area (Å²) in [4.78, 5) is 43.0. The fourth-order valence-electron chi connectivity index (χ4n) is 4.00. The minimum absolute atomic E-state index is 0.0526. The zero-order valence-electron chi connectivity index (χ0n) is 17.8. The number of anilines is 1. The highest BCUT2D eigenvalue weighted by Gasteiger charge is 2.41. The van der Waals surface area contributed by atoms with Gasteiger partial charge in [0, 0.05) is 44.0 Å². The van der Waals surface area contributed by atoms with Crippen LogP contribution in [0.15, 0.2) is 48.5 Å². The first kappa shape index (κ1) is 21.6. The molecule has 0 spiro atoms. The summed E-state index contributed by atoms with van der Waals surface area (Å²) in [6.45, 7) is 1.93. The van der Waals surface area contributed by atoms with E-state index in [-0.39, 0.29) is 24.6 Å². The molecule has 2 fully saturated rings. The van der Waals surface area contributed by atoms with Crippen LogP contribution in [0.2, 0.25) is 0 Å². The minimum Gasteiger partial charge on any atom is -0.497 e. The van der Waals surface area contributed by atoms with Crippen LogP contribution in [0.3, 0.4) is 0 Å². The second-order valence-corrected chi connectivity index (χ2v) is 7.76. The largest absolute Gasteiger partial charge is 0.497 e. The van der Waals surface area contributed by atoms with E-state index in [4.69, 9.17) is 4.74 Å². The van der Waals surface area contributed by atoms with E-state index < -0.39 is 23.7 Å². The smallest absolute Gasteiger partial charge is 0.324 e. The van der Waals surface area contributed by atoms with E-state index in [9.17, 15) is 18.8 Å². The average molecular weight is 440 g/mol. The number of ether oxygens (including phenoxy) is 1. The Bertz CT molecular complexity index is 1010. The molecule has 32 heavy (non-hydrogen) atoms. The lowest BCUT2D eigenvalue weighted by Crippen LogP contribution is -2.60. The van der Waals surface area contributed by atoms with Gasteiger partial charge in [0.1, 0.15) is 17.5 Å². The molecule has 9 heteroatoms. The van der Waals surface area contributed by atoms with Gasteiger partial charge in [-0.2, -0.15) is 0 Å². The SMILES string of the molecule is COc1ccc(N2CCN(C(=O)C3CNC(=O)N(Cc4ccccc4F)C3=O)CC2)cc1. The number of hydrogen-bond acceptors (Lipinski definition) is 5. The quantitative estimate of drug-likeness (QED) is 0.718. The van der Waals surface area contributed by atoms with Gasteiger partial charge in [0.25, 0.3) is 0 Å². The van der Waals surface area contributed by atoms with E-state index in [2.05, 4.69) is 10.2 Å². The van der Waals surface area contributed by atoms with E-state index in [1.165, 1.54) is 18.2 Å². The van der Waals surface area contributed by atoms with E-state index in [1.807, 2.05) is 24.3 Å². The van der Waals surface area contributed by atoms with Gasteiger partial charge in [0.2, 0.25) is 11.8 Å². The van der Waals surface area contributed by atoms with Crippen molar-refractivity contribution in [1.29, 1.82) is 0 Å². The molecule has 2 saturated heterocycles. The topological polar surface area (TPSA) is 82.2 Å². The molecule has 1 unspecified atom stereocenters. The summed E-state index contributed by atoms with van der Waals surface area (Å²) in [5.41, 5.74) is 1.26. The third-order valence-corrected chi connectivity index (χ3v) is 5.88. The third-order valence-electron chi connectivity index (χ3n) is 5.88. The Morgan fingerprint density at radius 1 is 1.06 bits per heavy atom. The molecular formula is C23H25FN4O4. The first-order valence-electron chi connectivity index (χ1n) is 10.5. The van der Waals surface area contributed by atoms with Crippen LogP contribution < -0.4 is 15.0 Å². The number of halogens is 1. The molecule has 0 saturated carbocycles. The summed E-state index contributed by atoms with van der Waals surface area (Å²) in [6, 6.07) is 13.1. The highest BCUT2D eigenvalue weighted by Crippen LogP contribution is 2.22. The number of carbonyl (C=O) groups is 3. The minimum atomic E-state index is -1.01. The van der Waals surface area contributed by atoms with Crippen molar-refractivity contribution in [3.8, 4) is 5.75 Å². The summed E-state index contributed by atoms with van der Waals surface area (Å²) < 4.78 is 19.2. The van der Waals surface area contributed by atoms with Gasteiger partial charge in [-0.15, -0.1) is 0 Å². The number of methoxy groups -OCH3 is 1. The molecule has 8 nitrogen and oxygen atoms in total. The van der Waals surface area contributed by atoms with Crippen LogP contribution in [-0.4, -0.2) is 67.5 Å². The van der Waals surface area contributed by atoms with Crippen LogP contribution in [0.25, 0.3) is 0 Å². The van der Waals surface area contributed by atoms with Gasteiger partial charge < -0.3 is 19.9 Å². The monoisotopic (exact) mass is 440 g/mol. The Morgan fingerprint density at radius 2 is 1.75 bits per heavy atom. The van der Waals surface area contributed by atoms with Crippen LogP contribution >= 0.6 is 0 Å². The second-order valence-electron chi connectivity index (χ2n) is 7.76. The standard InChI is InChI=1S/C23H25FN4O4/c1-32-18-8-6-17(7-9-18)26-10-12-27(13-11-26)21(29)19-14-25-23(31)28(22(19)30)15-16-4-2-3-5-20(16)24/h2-9,19H,10-15H2,1H3,(H,25,31). The van der Waals surface area contributed by atoms with Crippen molar-refractivity contribution < 1.29 is 23.5 Å². The van der Waals surface area contributed by atoms with Crippen molar-refractivity contribution in [2.24, 2.45) is 5.92 Å². The molecule has 2 aromatic carbocycles. The Hall–Kier alpha value is -3.62. The van der Waals surface area contributed by atoms with Gasteiger partial charge in [0.05, 0.1) is 13.7 Å². The Labute approximate surface area is 185 Å². The number of imide groups is 1. The van der Waals surface area contributed by atoms with Gasteiger partial charge in [-0.3, -0.25) is 14.5 Å². The maximum absolute atomic E-state index is 14.0. The molecule has 0 radical (unpaired) electrons. The van der Waals surface area contributed by atoms with Gasteiger partial charge in [-0.25, -0.2) is 9.18 Å². The lowest BCUT2D eigenvalue weighted by Gasteiger charge is -2.39. The predicted octanol–water partition coefficient (Wildman–Crippen LogP) is 1.85. The van der Waals surface area contributed by atoms with E-state index >= 15 is 0 Å². The van der Waals surface area contributed by atoms with Gasteiger partial charge in [0.15, 0.2) is 0 Å². The molecule has 1 N–H and O–H groups in total. The number of urea groups is 1. The lowest BCUT2D eigenvalue weighted by molar-refractivity contribution is -0.147. The fourth-order valence-corrected chi connectivity index (χ4v) is 4.00. The first-order chi connectivity index (χ1) is 15.5. The fraction of sp³-hybridized carbons (Fsp3) is 0.348. The van der Waals surface area contributed by atoms with Crippen molar-refractivity contribution in [2.75, 3.05) is 44.7 Å². The summed E-state index contributed by atoms with van der Waals surface area (Å²) in [7, 11) is 1.62. The number of amides is 4. The molecule has 0 bridgehead atoms. The van der Waals surface area contributed by atoms with Crippen LogP contribution in [-0.2, 0) is 16.1 Å². The average Bonchev–Trinajstić information content (AvgIpc) is 2.83. The molecule has 0 aliphatic carbocycles. The number of hydrogen-bond donors (Lipinski definition) is 1. The molecule has 1 atom stereocenters. The highest BCUT2D eigenvalue weighted by molar-refractivity contribution is 6.08. The van der Waals surface area contributed by atoms with Gasteiger partial charge in [-0.1, -0.05) is 18.2 Å². The zero-order chi connectivity index (χ0) is 22.7. The Balaban J connectivity index is 1.39. The predicted molar refractivity (Wildman–Crippen MR) is 116 cm³/mol. The normalized spacial score (nSPS) is 19.1. The number of rotatable bonds is 5. The van der Waals surface area contributed by atoms with Crippen LogP contribution in [0, 0.1) is 11.7 Å². The summed E-state index contributed by atoms with van der Waals surface area (Å²) in [6.07, 6.45) is 0. The maximum atomic E-state index is 14.0. The molecule has 2 aliphatic rings. The molecule has 0 aromatic heterocycles. The molecular weight excluding hydrogens is 415 g/mol. The lowest BCUT2D eigenvalue weighted by atomic mass is 10.0. The first-order valence-corrected chi connectivity index (χ1v) is 10.5. The molecule has 2 heterocycles. The van der Waals surface area contributed by atoms with Gasteiger partial charge in [-0.05, 0) is 30.3 Å². The second kappa shape index (κ2) is 9.25. The van der Waals surface area contributed by atoms with Gasteiger partial charge >= 0.3 is 6.03 Å². The third kappa shape index (κ3) is 4.37. The van der Waals surface area contributed by atoms with Crippen LogP contribution in [0.5, 0.6) is 5.75 Å². The number of nitrogens with zero attached hydrogens (tertiary/aromatic N) is 3.